The number of nitrogens with zero attached hydrogens (tertiary/aromatic N) is 1. The van der Waals surface area contributed by atoms with Crippen LogP contribution in [0.2, 0.25) is 0 Å². The van der Waals surface area contributed by atoms with Gasteiger partial charge in [0.05, 0.1) is 12.9 Å². The molecule has 0 atom stereocenters. The Kier molecular flexibility index (Phi) is 7.02. The summed E-state index contributed by atoms with van der Waals surface area (Å²) in [7, 11) is -1.56. The van der Waals surface area contributed by atoms with Gasteiger partial charge < -0.3 is 4.74 Å². The highest BCUT2D eigenvalue weighted by molar-refractivity contribution is 7.89. The fourth-order valence-electron chi connectivity index (χ4n) is 2.09. The van der Waals surface area contributed by atoms with Crippen LogP contribution in [0.3, 0.4) is 0 Å². The second kappa shape index (κ2) is 8.27. The zero-order valence-electron chi connectivity index (χ0n) is 12.6. The van der Waals surface area contributed by atoms with Gasteiger partial charge in [-0.15, -0.1) is 0 Å². The Balaban J connectivity index is 2.69. The molecule has 0 aliphatic heterocycles. The molecule has 0 N–H and O–H groups in total. The Labute approximate surface area is 122 Å². The zero-order chi connectivity index (χ0) is 15.0. The zero-order valence-corrected chi connectivity index (χ0v) is 13.4. The third-order valence-electron chi connectivity index (χ3n) is 3.12. The van der Waals surface area contributed by atoms with Crippen LogP contribution in [0, 0.1) is 0 Å². The maximum atomic E-state index is 12.3. The van der Waals surface area contributed by atoms with Crippen LogP contribution in [0.1, 0.15) is 32.3 Å². The first-order valence-corrected chi connectivity index (χ1v) is 8.75. The average Bonchev–Trinajstić information content (AvgIpc) is 2.45. The normalized spacial score (nSPS) is 11.8. The Morgan fingerprint density at radius 3 is 2.35 bits per heavy atom. The number of ether oxygens (including phenoxy) is 1. The molecule has 1 aromatic rings. The molecule has 0 radical (unpaired) electrons. The lowest BCUT2D eigenvalue weighted by Crippen LogP contribution is -2.34. The predicted molar refractivity (Wildman–Crippen MR) is 82.6 cm³/mol. The molecule has 0 heterocycles. The third-order valence-corrected chi connectivity index (χ3v) is 4.99. The van der Waals surface area contributed by atoms with E-state index in [2.05, 4.69) is 0 Å². The van der Waals surface area contributed by atoms with Crippen LogP contribution in [0.25, 0.3) is 0 Å². The summed E-state index contributed by atoms with van der Waals surface area (Å²) in [4.78, 5) is 0. The van der Waals surface area contributed by atoms with Crippen LogP contribution in [0.4, 0.5) is 0 Å². The molecule has 1 aromatic carbocycles. The summed E-state index contributed by atoms with van der Waals surface area (Å²) < 4.78 is 31.4. The number of rotatable bonds is 9. The van der Waals surface area contributed by atoms with E-state index in [0.29, 0.717) is 19.5 Å². The van der Waals surface area contributed by atoms with Gasteiger partial charge in [0.25, 0.3) is 0 Å². The number of benzene rings is 1. The Bertz CT molecular complexity index is 494. The van der Waals surface area contributed by atoms with Gasteiger partial charge in [-0.25, -0.2) is 12.7 Å². The van der Waals surface area contributed by atoms with Crippen molar-refractivity contribution in [3.05, 3.63) is 29.8 Å². The molecule has 0 aliphatic rings. The van der Waals surface area contributed by atoms with E-state index in [9.17, 15) is 8.42 Å². The minimum absolute atomic E-state index is 0.153. The summed E-state index contributed by atoms with van der Waals surface area (Å²) in [6, 6.07) is 7.57. The molecule has 20 heavy (non-hydrogen) atoms. The van der Waals surface area contributed by atoms with Gasteiger partial charge in [0.1, 0.15) is 5.75 Å². The van der Waals surface area contributed by atoms with Crippen molar-refractivity contribution in [2.45, 2.75) is 33.1 Å². The van der Waals surface area contributed by atoms with E-state index >= 15 is 0 Å². The SMILES string of the molecule is CCCN(CCC)S(=O)(=O)CCc1cccc(OC)c1. The Morgan fingerprint density at radius 2 is 1.80 bits per heavy atom. The van der Waals surface area contributed by atoms with Gasteiger partial charge in [-0.1, -0.05) is 26.0 Å². The minimum Gasteiger partial charge on any atom is -0.497 e. The van der Waals surface area contributed by atoms with Crippen LogP contribution >= 0.6 is 0 Å². The topological polar surface area (TPSA) is 46.6 Å². The smallest absolute Gasteiger partial charge is 0.214 e. The molecule has 0 aliphatic carbocycles. The van der Waals surface area contributed by atoms with Gasteiger partial charge in [-0.2, -0.15) is 0 Å². The summed E-state index contributed by atoms with van der Waals surface area (Å²) in [5, 5.41) is 0. The molecule has 0 bridgehead atoms. The maximum absolute atomic E-state index is 12.3. The quantitative estimate of drug-likeness (QED) is 0.704. The van der Waals surface area contributed by atoms with Crippen molar-refractivity contribution in [1.82, 2.24) is 4.31 Å². The molecule has 1 rings (SSSR count). The first-order chi connectivity index (χ1) is 9.53. The lowest BCUT2D eigenvalue weighted by molar-refractivity contribution is 0.409. The molecule has 0 spiro atoms. The van der Waals surface area contributed by atoms with Gasteiger partial charge >= 0.3 is 0 Å². The molecule has 114 valence electrons. The average molecular weight is 299 g/mol. The molecule has 0 saturated heterocycles. The molecule has 0 saturated carbocycles. The van der Waals surface area contributed by atoms with E-state index in [0.717, 1.165) is 24.2 Å². The second-order valence-corrected chi connectivity index (χ2v) is 6.91. The summed E-state index contributed by atoms with van der Waals surface area (Å²) in [6.45, 7) is 5.21. The largest absolute Gasteiger partial charge is 0.497 e. The number of hydrogen-bond donors (Lipinski definition) is 0. The van der Waals surface area contributed by atoms with E-state index in [1.165, 1.54) is 0 Å². The molecular weight excluding hydrogens is 274 g/mol. The first kappa shape index (κ1) is 17.0. The molecule has 0 aromatic heterocycles. The van der Waals surface area contributed by atoms with Gasteiger partial charge in [0.15, 0.2) is 0 Å². The van der Waals surface area contributed by atoms with Crippen molar-refractivity contribution in [2.24, 2.45) is 0 Å². The number of aryl methyl sites for hydroxylation is 1. The number of hydrogen-bond acceptors (Lipinski definition) is 3. The minimum atomic E-state index is -3.17. The highest BCUT2D eigenvalue weighted by Gasteiger charge is 2.20. The van der Waals surface area contributed by atoms with Crippen molar-refractivity contribution in [3.63, 3.8) is 0 Å². The lowest BCUT2D eigenvalue weighted by Gasteiger charge is -2.20. The van der Waals surface area contributed by atoms with E-state index in [1.807, 2.05) is 38.1 Å². The lowest BCUT2D eigenvalue weighted by atomic mass is 10.2. The molecule has 0 fully saturated rings. The highest BCUT2D eigenvalue weighted by atomic mass is 32.2. The van der Waals surface area contributed by atoms with E-state index in [4.69, 9.17) is 4.74 Å². The van der Waals surface area contributed by atoms with Crippen molar-refractivity contribution >= 4 is 10.0 Å². The molecule has 4 nitrogen and oxygen atoms in total. The van der Waals surface area contributed by atoms with Gasteiger partial charge in [-0.3, -0.25) is 0 Å². The van der Waals surface area contributed by atoms with Gasteiger partial charge in [0, 0.05) is 13.1 Å². The van der Waals surface area contributed by atoms with Crippen LogP contribution in [-0.4, -0.2) is 38.7 Å². The van der Waals surface area contributed by atoms with Crippen LogP contribution in [-0.2, 0) is 16.4 Å². The number of sulfonamides is 1. The van der Waals surface area contributed by atoms with E-state index in [-0.39, 0.29) is 5.75 Å². The van der Waals surface area contributed by atoms with Crippen molar-refractivity contribution in [3.8, 4) is 5.75 Å². The van der Waals surface area contributed by atoms with Gasteiger partial charge in [0.2, 0.25) is 10.0 Å². The van der Waals surface area contributed by atoms with Crippen molar-refractivity contribution in [2.75, 3.05) is 26.0 Å². The van der Waals surface area contributed by atoms with Crippen LogP contribution < -0.4 is 4.74 Å². The third kappa shape index (κ3) is 5.13. The molecule has 0 unspecified atom stereocenters. The molecule has 5 heteroatoms. The molecule has 0 amide bonds. The predicted octanol–water partition coefficient (Wildman–Crippen LogP) is 2.69. The fourth-order valence-corrected chi connectivity index (χ4v) is 3.77. The highest BCUT2D eigenvalue weighted by Crippen LogP contribution is 2.14. The molecular formula is C15H25NO3S. The van der Waals surface area contributed by atoms with Crippen molar-refractivity contribution in [1.29, 1.82) is 0 Å². The fraction of sp³-hybridized carbons (Fsp3) is 0.600. The first-order valence-electron chi connectivity index (χ1n) is 7.14. The second-order valence-electron chi connectivity index (χ2n) is 4.82. The number of methoxy groups -OCH3 is 1. The Hall–Kier alpha value is -1.07. The monoisotopic (exact) mass is 299 g/mol. The summed E-state index contributed by atoms with van der Waals surface area (Å²) >= 11 is 0. The Morgan fingerprint density at radius 1 is 1.15 bits per heavy atom. The summed E-state index contributed by atoms with van der Waals surface area (Å²) in [6.07, 6.45) is 2.21. The standard InChI is InChI=1S/C15H25NO3S/c1-4-10-16(11-5-2)20(17,18)12-9-14-7-6-8-15(13-14)19-3/h6-8,13H,4-5,9-12H2,1-3H3. The van der Waals surface area contributed by atoms with Gasteiger partial charge in [-0.05, 0) is 37.0 Å². The van der Waals surface area contributed by atoms with E-state index in [1.54, 1.807) is 11.4 Å². The maximum Gasteiger partial charge on any atom is 0.214 e. The summed E-state index contributed by atoms with van der Waals surface area (Å²) in [5.41, 5.74) is 0.987. The summed E-state index contributed by atoms with van der Waals surface area (Å²) in [5.74, 6) is 0.916. The van der Waals surface area contributed by atoms with Crippen LogP contribution in [0.15, 0.2) is 24.3 Å². The van der Waals surface area contributed by atoms with E-state index < -0.39 is 10.0 Å². The van der Waals surface area contributed by atoms with Crippen LogP contribution in [0.5, 0.6) is 5.75 Å². The van der Waals surface area contributed by atoms with Crippen molar-refractivity contribution < 1.29 is 13.2 Å².